The molecule has 1 N–H and O–H groups in total. The Morgan fingerprint density at radius 1 is 0.962 bits per heavy atom. The van der Waals surface area contributed by atoms with Gasteiger partial charge < -0.3 is 0 Å². The Bertz CT molecular complexity index is 695. The minimum absolute atomic E-state index is 0.136. The van der Waals surface area contributed by atoms with Gasteiger partial charge in [-0.1, -0.05) is 65.7 Å². The van der Waals surface area contributed by atoms with Crippen LogP contribution in [-0.4, -0.2) is 4.98 Å². The smallest absolute Gasteiger partial charge is 0.242 e. The molecule has 26 heavy (non-hydrogen) atoms. The zero-order valence-corrected chi connectivity index (χ0v) is 18.0. The normalized spacial score (nSPS) is 11.9. The number of unbranched alkanes of at least 4 members (excludes halogenated alkanes) is 2. The van der Waals surface area contributed by atoms with Gasteiger partial charge in [-0.3, -0.25) is 0 Å². The highest BCUT2D eigenvalue weighted by Gasteiger charge is 2.19. The Kier molecular flexibility index (Phi) is 7.76. The largest absolute Gasteiger partial charge is 0.247 e. The zero-order chi connectivity index (χ0) is 19.2. The molecular weight excluding hydrogens is 340 g/mol. The number of H-pyrrole nitrogens is 1. The van der Waals surface area contributed by atoms with Crippen LogP contribution < -0.4 is 4.57 Å². The van der Waals surface area contributed by atoms with Crippen LogP contribution in [0.5, 0.6) is 0 Å². The lowest BCUT2D eigenvalue weighted by atomic mass is 9.85. The molecule has 3 heteroatoms. The molecule has 1 aromatic carbocycles. The van der Waals surface area contributed by atoms with E-state index >= 15 is 0 Å². The van der Waals surface area contributed by atoms with E-state index in [0.29, 0.717) is 5.88 Å². The van der Waals surface area contributed by atoms with Gasteiger partial charge in [0, 0.05) is 18.7 Å². The molecule has 0 bridgehead atoms. The van der Waals surface area contributed by atoms with Gasteiger partial charge in [0.1, 0.15) is 17.9 Å². The van der Waals surface area contributed by atoms with Crippen molar-refractivity contribution in [2.24, 2.45) is 0 Å². The summed E-state index contributed by atoms with van der Waals surface area (Å²) >= 11 is 6.17. The number of halogens is 1. The lowest BCUT2D eigenvalue weighted by Crippen LogP contribution is -2.37. The number of aromatic nitrogens is 2. The fourth-order valence-corrected chi connectivity index (χ4v) is 3.56. The van der Waals surface area contributed by atoms with Gasteiger partial charge in [0.05, 0.1) is 0 Å². The third-order valence-corrected chi connectivity index (χ3v) is 5.37. The van der Waals surface area contributed by atoms with Crippen LogP contribution >= 0.6 is 11.6 Å². The van der Waals surface area contributed by atoms with Gasteiger partial charge in [-0.2, -0.15) is 0 Å². The second kappa shape index (κ2) is 9.60. The first-order chi connectivity index (χ1) is 12.4. The van der Waals surface area contributed by atoms with Crippen molar-refractivity contribution < 1.29 is 4.57 Å². The molecule has 0 aliphatic heterocycles. The van der Waals surface area contributed by atoms with Crippen molar-refractivity contribution in [2.75, 3.05) is 0 Å². The number of nitrogens with one attached hydrogen (secondary N) is 1. The van der Waals surface area contributed by atoms with Crippen molar-refractivity contribution in [3.63, 3.8) is 0 Å². The number of aromatic amines is 1. The summed E-state index contributed by atoms with van der Waals surface area (Å²) in [6, 6.07) is 6.87. The predicted molar refractivity (Wildman–Crippen MR) is 112 cm³/mol. The summed E-state index contributed by atoms with van der Waals surface area (Å²) in [5.74, 6) is 0.569. The summed E-state index contributed by atoms with van der Waals surface area (Å²) in [7, 11) is 0. The van der Waals surface area contributed by atoms with Crippen LogP contribution in [0.2, 0.25) is 0 Å². The molecule has 1 aromatic heterocycles. The summed E-state index contributed by atoms with van der Waals surface area (Å²) < 4.78 is 2.42. The van der Waals surface area contributed by atoms with Crippen molar-refractivity contribution in [3.8, 4) is 0 Å². The first-order valence-corrected chi connectivity index (χ1v) is 10.7. The maximum Gasteiger partial charge on any atom is 0.242 e. The molecule has 0 amide bonds. The van der Waals surface area contributed by atoms with Gasteiger partial charge >= 0.3 is 0 Å². The molecule has 0 saturated heterocycles. The van der Waals surface area contributed by atoms with Crippen LogP contribution in [0.3, 0.4) is 0 Å². The zero-order valence-electron chi connectivity index (χ0n) is 17.3. The third-order valence-electron chi connectivity index (χ3n) is 5.06. The summed E-state index contributed by atoms with van der Waals surface area (Å²) in [4.78, 5) is 3.55. The molecule has 0 radical (unpaired) electrons. The lowest BCUT2D eigenvalue weighted by Gasteiger charge is -2.21. The molecule has 0 aliphatic rings. The van der Waals surface area contributed by atoms with Crippen molar-refractivity contribution >= 4 is 11.6 Å². The van der Waals surface area contributed by atoms with E-state index in [-0.39, 0.29) is 5.41 Å². The first kappa shape index (κ1) is 21.0. The molecule has 0 atom stereocenters. The van der Waals surface area contributed by atoms with E-state index < -0.39 is 0 Å². The number of nitrogens with zero attached hydrogens (tertiary/aromatic N) is 1. The van der Waals surface area contributed by atoms with Gasteiger partial charge in [-0.15, -0.1) is 11.6 Å². The monoisotopic (exact) mass is 375 g/mol. The number of benzene rings is 1. The van der Waals surface area contributed by atoms with E-state index in [1.165, 1.54) is 53.8 Å². The molecule has 144 valence electrons. The number of rotatable bonds is 9. The molecule has 0 fully saturated rings. The van der Waals surface area contributed by atoms with Crippen molar-refractivity contribution in [1.29, 1.82) is 0 Å². The van der Waals surface area contributed by atoms with Crippen molar-refractivity contribution in [2.45, 2.75) is 91.0 Å². The van der Waals surface area contributed by atoms with E-state index in [9.17, 15) is 0 Å². The summed E-state index contributed by atoms with van der Waals surface area (Å²) in [6.45, 7) is 12.2. The molecule has 0 aliphatic carbocycles. The Morgan fingerprint density at radius 2 is 1.62 bits per heavy atom. The SMILES string of the molecule is CCCCc1[nH]c[n+](Cc2cc(CCl)cc(C(C)(C)C)c2)c1CCCC. The number of alkyl halides is 1. The number of hydrogen-bond donors (Lipinski definition) is 1. The predicted octanol–water partition coefficient (Wildman–Crippen LogP) is 6.07. The molecular formula is C23H36ClN2+. The van der Waals surface area contributed by atoms with E-state index in [2.05, 4.69) is 68.7 Å². The van der Waals surface area contributed by atoms with Crippen LogP contribution in [0.1, 0.15) is 88.4 Å². The first-order valence-electron chi connectivity index (χ1n) is 10.2. The Hall–Kier alpha value is -1.28. The highest BCUT2D eigenvalue weighted by Crippen LogP contribution is 2.25. The molecule has 0 unspecified atom stereocenters. The van der Waals surface area contributed by atoms with Gasteiger partial charge in [0.15, 0.2) is 0 Å². The van der Waals surface area contributed by atoms with E-state index in [0.717, 1.165) is 19.4 Å². The topological polar surface area (TPSA) is 19.7 Å². The fraction of sp³-hybridized carbons (Fsp3) is 0.609. The molecule has 2 nitrogen and oxygen atoms in total. The van der Waals surface area contributed by atoms with Gasteiger partial charge in [0.2, 0.25) is 6.33 Å². The van der Waals surface area contributed by atoms with Gasteiger partial charge in [0.25, 0.3) is 0 Å². The average molecular weight is 376 g/mol. The van der Waals surface area contributed by atoms with Crippen LogP contribution in [0.4, 0.5) is 0 Å². The maximum atomic E-state index is 6.17. The van der Waals surface area contributed by atoms with E-state index in [4.69, 9.17) is 11.6 Å². The summed E-state index contributed by atoms with van der Waals surface area (Å²) in [6.07, 6.45) is 9.42. The van der Waals surface area contributed by atoms with Crippen LogP contribution in [-0.2, 0) is 30.7 Å². The molecule has 2 rings (SSSR count). The van der Waals surface area contributed by atoms with Crippen LogP contribution in [0.15, 0.2) is 24.5 Å². The van der Waals surface area contributed by atoms with Crippen molar-refractivity contribution in [1.82, 2.24) is 4.98 Å². The Balaban J connectivity index is 2.33. The lowest BCUT2D eigenvalue weighted by molar-refractivity contribution is -0.694. The van der Waals surface area contributed by atoms with Crippen molar-refractivity contribution in [3.05, 3.63) is 52.6 Å². The van der Waals surface area contributed by atoms with E-state index in [1.54, 1.807) is 0 Å². The minimum Gasteiger partial charge on any atom is -0.247 e. The second-order valence-electron chi connectivity index (χ2n) is 8.46. The van der Waals surface area contributed by atoms with Gasteiger partial charge in [-0.05, 0) is 34.9 Å². The number of imidazole rings is 1. The Morgan fingerprint density at radius 3 is 2.23 bits per heavy atom. The highest BCUT2D eigenvalue weighted by atomic mass is 35.5. The minimum atomic E-state index is 0.136. The molecule has 1 heterocycles. The third kappa shape index (κ3) is 5.61. The quantitative estimate of drug-likeness (QED) is 0.405. The highest BCUT2D eigenvalue weighted by molar-refractivity contribution is 6.17. The molecule has 0 spiro atoms. The molecule has 0 saturated carbocycles. The average Bonchev–Trinajstić information content (AvgIpc) is 2.98. The number of hydrogen-bond acceptors (Lipinski definition) is 0. The standard InChI is InChI=1S/C23H35ClN2/c1-6-8-10-21-22(11-9-7-2)26(17-25-21)16-19-12-18(15-24)13-20(14-19)23(3,4)5/h12-14,17H,6-11,15-16H2,1-5H3/p+1. The number of aryl methyl sites for hydroxylation is 1. The van der Waals surface area contributed by atoms with Crippen LogP contribution in [0, 0.1) is 0 Å². The maximum absolute atomic E-state index is 6.17. The second-order valence-corrected chi connectivity index (χ2v) is 8.72. The van der Waals surface area contributed by atoms with E-state index in [1.807, 2.05) is 0 Å². The Labute approximate surface area is 165 Å². The summed E-state index contributed by atoms with van der Waals surface area (Å²) in [5, 5.41) is 0. The summed E-state index contributed by atoms with van der Waals surface area (Å²) in [5.41, 5.74) is 6.96. The fourth-order valence-electron chi connectivity index (χ4n) is 3.40. The van der Waals surface area contributed by atoms with Crippen LogP contribution in [0.25, 0.3) is 0 Å². The molecule has 2 aromatic rings. The van der Waals surface area contributed by atoms with Gasteiger partial charge in [-0.25, -0.2) is 9.55 Å².